The molecule has 4 heteroatoms. The summed E-state index contributed by atoms with van der Waals surface area (Å²) in [6, 6.07) is 0.461. The van der Waals surface area contributed by atoms with E-state index in [2.05, 4.69) is 4.90 Å². The summed E-state index contributed by atoms with van der Waals surface area (Å²) in [7, 11) is 0. The highest BCUT2D eigenvalue weighted by Crippen LogP contribution is 2.32. The second kappa shape index (κ2) is 6.64. The van der Waals surface area contributed by atoms with Gasteiger partial charge in [-0.15, -0.1) is 0 Å². The van der Waals surface area contributed by atoms with Crippen molar-refractivity contribution in [1.82, 2.24) is 4.90 Å². The van der Waals surface area contributed by atoms with E-state index in [1.807, 2.05) is 0 Å². The van der Waals surface area contributed by atoms with Crippen LogP contribution in [0.4, 0.5) is 0 Å². The molecule has 0 aromatic heterocycles. The highest BCUT2D eigenvalue weighted by atomic mass is 16.5. The van der Waals surface area contributed by atoms with Gasteiger partial charge in [-0.1, -0.05) is 6.42 Å². The number of aldehydes is 1. The monoisotopic (exact) mass is 255 g/mol. The number of carbonyl (C=O) groups is 1. The van der Waals surface area contributed by atoms with Gasteiger partial charge >= 0.3 is 0 Å². The van der Waals surface area contributed by atoms with Crippen LogP contribution >= 0.6 is 0 Å². The Morgan fingerprint density at radius 3 is 2.78 bits per heavy atom. The van der Waals surface area contributed by atoms with Crippen molar-refractivity contribution >= 4 is 6.29 Å². The molecule has 1 atom stereocenters. The summed E-state index contributed by atoms with van der Waals surface area (Å²) in [6.07, 6.45) is 7.31. The van der Waals surface area contributed by atoms with Gasteiger partial charge in [-0.3, -0.25) is 4.90 Å². The predicted molar refractivity (Wildman–Crippen MR) is 69.5 cm³/mol. The van der Waals surface area contributed by atoms with Crippen molar-refractivity contribution in [3.05, 3.63) is 0 Å². The fraction of sp³-hybridized carbons (Fsp3) is 0.929. The van der Waals surface area contributed by atoms with E-state index in [1.54, 1.807) is 0 Å². The highest BCUT2D eigenvalue weighted by molar-refractivity contribution is 5.60. The lowest BCUT2D eigenvalue weighted by Gasteiger charge is -2.42. The molecule has 2 saturated heterocycles. The SMILES string of the molecule is O=CC1(CN2CCCCC2CCO)CCOCC1. The van der Waals surface area contributed by atoms with Crippen molar-refractivity contribution < 1.29 is 14.6 Å². The summed E-state index contributed by atoms with van der Waals surface area (Å²) in [5.74, 6) is 0. The maximum absolute atomic E-state index is 11.5. The minimum absolute atomic E-state index is 0.205. The molecule has 0 aromatic carbocycles. The first-order chi connectivity index (χ1) is 8.79. The largest absolute Gasteiger partial charge is 0.396 e. The van der Waals surface area contributed by atoms with Gasteiger partial charge in [0.1, 0.15) is 6.29 Å². The Labute approximate surface area is 109 Å². The number of ether oxygens (including phenoxy) is 1. The molecule has 2 aliphatic heterocycles. The molecule has 0 spiro atoms. The molecule has 2 fully saturated rings. The Morgan fingerprint density at radius 2 is 2.11 bits per heavy atom. The second-order valence-electron chi connectivity index (χ2n) is 5.72. The first-order valence-corrected chi connectivity index (χ1v) is 7.19. The molecule has 2 heterocycles. The molecular formula is C14H25NO3. The van der Waals surface area contributed by atoms with Gasteiger partial charge < -0.3 is 14.6 Å². The van der Waals surface area contributed by atoms with Gasteiger partial charge in [0.25, 0.3) is 0 Å². The topological polar surface area (TPSA) is 49.8 Å². The lowest BCUT2D eigenvalue weighted by molar-refractivity contribution is -0.124. The smallest absolute Gasteiger partial charge is 0.127 e. The van der Waals surface area contributed by atoms with Crippen LogP contribution in [0.5, 0.6) is 0 Å². The summed E-state index contributed by atoms with van der Waals surface area (Å²) in [4.78, 5) is 13.9. The maximum Gasteiger partial charge on any atom is 0.127 e. The third kappa shape index (κ3) is 3.31. The van der Waals surface area contributed by atoms with Crippen LogP contribution in [0.15, 0.2) is 0 Å². The Hall–Kier alpha value is -0.450. The van der Waals surface area contributed by atoms with Crippen molar-refractivity contribution in [3.8, 4) is 0 Å². The Bertz CT molecular complexity index is 262. The molecule has 18 heavy (non-hydrogen) atoms. The van der Waals surface area contributed by atoms with Gasteiger partial charge in [0.2, 0.25) is 0 Å². The van der Waals surface area contributed by atoms with E-state index in [-0.39, 0.29) is 12.0 Å². The van der Waals surface area contributed by atoms with Gasteiger partial charge in [-0.25, -0.2) is 0 Å². The third-order valence-corrected chi connectivity index (χ3v) is 4.47. The quantitative estimate of drug-likeness (QED) is 0.750. The fourth-order valence-corrected chi connectivity index (χ4v) is 3.24. The van der Waals surface area contributed by atoms with Crippen LogP contribution in [0.1, 0.15) is 38.5 Å². The summed E-state index contributed by atoms with van der Waals surface area (Å²) in [5.41, 5.74) is -0.205. The standard InChI is InChI=1S/C14H25NO3/c16-8-4-13-3-1-2-7-15(13)11-14(12-17)5-9-18-10-6-14/h12-13,16H,1-11H2. The van der Waals surface area contributed by atoms with Crippen molar-refractivity contribution in [1.29, 1.82) is 0 Å². The minimum atomic E-state index is -0.205. The van der Waals surface area contributed by atoms with Gasteiger partial charge in [0.15, 0.2) is 0 Å². The van der Waals surface area contributed by atoms with E-state index in [4.69, 9.17) is 9.84 Å². The second-order valence-corrected chi connectivity index (χ2v) is 5.72. The molecule has 0 aliphatic carbocycles. The molecule has 2 aliphatic rings. The average Bonchev–Trinajstić information content (AvgIpc) is 2.42. The molecule has 0 bridgehead atoms. The zero-order chi connectivity index (χ0) is 12.8. The summed E-state index contributed by atoms with van der Waals surface area (Å²) in [5, 5.41) is 9.15. The molecule has 0 radical (unpaired) electrons. The number of carbonyl (C=O) groups excluding carboxylic acids is 1. The molecule has 2 rings (SSSR count). The van der Waals surface area contributed by atoms with E-state index in [1.165, 1.54) is 12.8 Å². The lowest BCUT2D eigenvalue weighted by Crippen LogP contribution is -2.48. The summed E-state index contributed by atoms with van der Waals surface area (Å²) >= 11 is 0. The number of aliphatic hydroxyl groups is 1. The minimum Gasteiger partial charge on any atom is -0.396 e. The van der Waals surface area contributed by atoms with Crippen LogP contribution < -0.4 is 0 Å². The van der Waals surface area contributed by atoms with Crippen molar-refractivity contribution in [2.24, 2.45) is 5.41 Å². The van der Waals surface area contributed by atoms with E-state index in [9.17, 15) is 4.79 Å². The van der Waals surface area contributed by atoms with Gasteiger partial charge in [0, 0.05) is 37.8 Å². The van der Waals surface area contributed by atoms with Crippen LogP contribution in [-0.4, -0.2) is 55.2 Å². The van der Waals surface area contributed by atoms with Gasteiger partial charge in [-0.05, 0) is 38.6 Å². The number of nitrogens with zero attached hydrogens (tertiary/aromatic N) is 1. The molecule has 104 valence electrons. The molecule has 4 nitrogen and oxygen atoms in total. The molecule has 1 N–H and O–H groups in total. The number of rotatable bonds is 5. The number of piperidine rings is 1. The van der Waals surface area contributed by atoms with E-state index >= 15 is 0 Å². The fourth-order valence-electron chi connectivity index (χ4n) is 3.24. The number of aliphatic hydroxyl groups excluding tert-OH is 1. The third-order valence-electron chi connectivity index (χ3n) is 4.47. The van der Waals surface area contributed by atoms with Crippen LogP contribution in [0.25, 0.3) is 0 Å². The number of likely N-dealkylation sites (tertiary alicyclic amines) is 1. The molecule has 0 amide bonds. The first-order valence-electron chi connectivity index (χ1n) is 7.19. The Morgan fingerprint density at radius 1 is 1.33 bits per heavy atom. The molecule has 0 saturated carbocycles. The normalized spacial score (nSPS) is 29.1. The van der Waals surface area contributed by atoms with Crippen molar-refractivity contribution in [3.63, 3.8) is 0 Å². The van der Waals surface area contributed by atoms with Crippen LogP contribution in [-0.2, 0) is 9.53 Å². The van der Waals surface area contributed by atoms with E-state index in [0.29, 0.717) is 19.3 Å². The van der Waals surface area contributed by atoms with Crippen LogP contribution in [0.2, 0.25) is 0 Å². The van der Waals surface area contributed by atoms with Gasteiger partial charge in [0.05, 0.1) is 0 Å². The Balaban J connectivity index is 1.97. The predicted octanol–water partition coefficient (Wildman–Crippen LogP) is 1.22. The molecule has 0 aromatic rings. The zero-order valence-corrected chi connectivity index (χ0v) is 11.1. The van der Waals surface area contributed by atoms with E-state index in [0.717, 1.165) is 45.1 Å². The van der Waals surface area contributed by atoms with Crippen molar-refractivity contribution in [2.45, 2.75) is 44.6 Å². The van der Waals surface area contributed by atoms with Crippen LogP contribution in [0.3, 0.4) is 0 Å². The van der Waals surface area contributed by atoms with E-state index < -0.39 is 0 Å². The molecular weight excluding hydrogens is 230 g/mol. The van der Waals surface area contributed by atoms with Gasteiger partial charge in [-0.2, -0.15) is 0 Å². The first kappa shape index (κ1) is 14.0. The van der Waals surface area contributed by atoms with Crippen LogP contribution in [0, 0.1) is 5.41 Å². The zero-order valence-electron chi connectivity index (χ0n) is 11.1. The maximum atomic E-state index is 11.5. The average molecular weight is 255 g/mol. The lowest BCUT2D eigenvalue weighted by atomic mass is 9.80. The summed E-state index contributed by atoms with van der Waals surface area (Å²) in [6.45, 7) is 3.58. The Kier molecular flexibility index (Phi) is 5.15. The van der Waals surface area contributed by atoms with Crippen molar-refractivity contribution in [2.75, 3.05) is 32.9 Å². The number of hydrogen-bond donors (Lipinski definition) is 1. The summed E-state index contributed by atoms with van der Waals surface area (Å²) < 4.78 is 5.37. The highest BCUT2D eigenvalue weighted by Gasteiger charge is 2.36. The number of hydrogen-bond acceptors (Lipinski definition) is 4. The molecule has 1 unspecified atom stereocenters.